The molecule has 0 aliphatic carbocycles. The Bertz CT molecular complexity index is 528. The molecule has 4 nitrogen and oxygen atoms in total. The molecule has 1 aromatic carbocycles. The SMILES string of the molecule is Nc1cc(C(=O)N2CCCC(N3CCCC3)C2)ccc1Br. The molecule has 2 aliphatic heterocycles. The first-order valence-electron chi connectivity index (χ1n) is 7.73. The number of anilines is 1. The number of nitrogens with zero attached hydrogens (tertiary/aromatic N) is 2. The number of likely N-dealkylation sites (tertiary alicyclic amines) is 2. The van der Waals surface area contributed by atoms with Crippen molar-refractivity contribution in [3.63, 3.8) is 0 Å². The van der Waals surface area contributed by atoms with Gasteiger partial charge in [0.2, 0.25) is 0 Å². The van der Waals surface area contributed by atoms with Crippen molar-refractivity contribution in [2.24, 2.45) is 0 Å². The van der Waals surface area contributed by atoms with Crippen LogP contribution in [0.15, 0.2) is 22.7 Å². The third-order valence-electron chi connectivity index (χ3n) is 4.58. The van der Waals surface area contributed by atoms with Crippen LogP contribution in [-0.2, 0) is 0 Å². The number of benzene rings is 1. The van der Waals surface area contributed by atoms with Crippen molar-refractivity contribution in [3.8, 4) is 0 Å². The highest BCUT2D eigenvalue weighted by molar-refractivity contribution is 9.10. The van der Waals surface area contributed by atoms with E-state index in [1.807, 2.05) is 17.0 Å². The van der Waals surface area contributed by atoms with Crippen LogP contribution in [0.2, 0.25) is 0 Å². The minimum atomic E-state index is 0.109. The van der Waals surface area contributed by atoms with E-state index in [9.17, 15) is 4.79 Å². The highest BCUT2D eigenvalue weighted by Gasteiger charge is 2.29. The molecule has 0 aromatic heterocycles. The van der Waals surface area contributed by atoms with Crippen molar-refractivity contribution in [1.29, 1.82) is 0 Å². The lowest BCUT2D eigenvalue weighted by Gasteiger charge is -2.37. The number of carbonyl (C=O) groups excluding carboxylic acids is 1. The van der Waals surface area contributed by atoms with Gasteiger partial charge >= 0.3 is 0 Å². The molecule has 2 heterocycles. The number of carbonyl (C=O) groups is 1. The van der Waals surface area contributed by atoms with Gasteiger partial charge in [-0.05, 0) is 72.9 Å². The van der Waals surface area contributed by atoms with Crippen LogP contribution < -0.4 is 5.73 Å². The molecule has 2 N–H and O–H groups in total. The zero-order valence-corrected chi connectivity index (χ0v) is 13.8. The van der Waals surface area contributed by atoms with Gasteiger partial charge in [-0.3, -0.25) is 9.69 Å². The van der Waals surface area contributed by atoms with Crippen LogP contribution >= 0.6 is 15.9 Å². The Morgan fingerprint density at radius 2 is 1.95 bits per heavy atom. The number of nitrogen functional groups attached to an aromatic ring is 1. The largest absolute Gasteiger partial charge is 0.398 e. The molecule has 21 heavy (non-hydrogen) atoms. The second-order valence-corrected chi connectivity index (χ2v) is 6.88. The molecule has 2 fully saturated rings. The Morgan fingerprint density at radius 1 is 1.19 bits per heavy atom. The second kappa shape index (κ2) is 6.36. The van der Waals surface area contributed by atoms with E-state index in [1.165, 1.54) is 32.4 Å². The summed E-state index contributed by atoms with van der Waals surface area (Å²) in [5.74, 6) is 0.109. The average Bonchev–Trinajstić information content (AvgIpc) is 3.04. The van der Waals surface area contributed by atoms with Crippen molar-refractivity contribution >= 4 is 27.5 Å². The normalized spacial score (nSPS) is 23.5. The van der Waals surface area contributed by atoms with Gasteiger partial charge in [-0.15, -0.1) is 0 Å². The summed E-state index contributed by atoms with van der Waals surface area (Å²) in [6.45, 7) is 4.10. The van der Waals surface area contributed by atoms with Gasteiger partial charge in [-0.25, -0.2) is 0 Å². The zero-order chi connectivity index (χ0) is 14.8. The molecule has 2 aliphatic rings. The fourth-order valence-corrected chi connectivity index (χ4v) is 3.65. The molecule has 3 rings (SSSR count). The maximum Gasteiger partial charge on any atom is 0.253 e. The molecule has 0 radical (unpaired) electrons. The van der Waals surface area contributed by atoms with E-state index >= 15 is 0 Å². The molecular formula is C16H22BrN3O. The molecule has 0 bridgehead atoms. The lowest BCUT2D eigenvalue weighted by Crippen LogP contribution is -2.49. The van der Waals surface area contributed by atoms with Crippen LogP contribution in [-0.4, -0.2) is 47.9 Å². The van der Waals surface area contributed by atoms with Crippen LogP contribution in [0, 0.1) is 0 Å². The van der Waals surface area contributed by atoms with Crippen LogP contribution in [0.4, 0.5) is 5.69 Å². The summed E-state index contributed by atoms with van der Waals surface area (Å²) in [6.07, 6.45) is 4.91. The Labute approximate surface area is 134 Å². The van der Waals surface area contributed by atoms with Crippen molar-refractivity contribution in [2.75, 3.05) is 31.9 Å². The average molecular weight is 352 g/mol. The predicted molar refractivity (Wildman–Crippen MR) is 88.3 cm³/mol. The lowest BCUT2D eigenvalue weighted by atomic mass is 10.0. The molecule has 2 saturated heterocycles. The number of halogens is 1. The smallest absolute Gasteiger partial charge is 0.253 e. The van der Waals surface area contributed by atoms with Crippen LogP contribution in [0.5, 0.6) is 0 Å². The van der Waals surface area contributed by atoms with Crippen LogP contribution in [0.25, 0.3) is 0 Å². The first kappa shape index (κ1) is 14.9. The fourth-order valence-electron chi connectivity index (χ4n) is 3.40. The molecule has 0 saturated carbocycles. The molecule has 114 valence electrons. The van der Waals surface area contributed by atoms with Crippen LogP contribution in [0.3, 0.4) is 0 Å². The Morgan fingerprint density at radius 3 is 2.67 bits per heavy atom. The number of hydrogen-bond donors (Lipinski definition) is 1. The van der Waals surface area contributed by atoms with Gasteiger partial charge in [0.05, 0.1) is 0 Å². The Balaban J connectivity index is 1.70. The summed E-state index contributed by atoms with van der Waals surface area (Å²) in [6, 6.07) is 6.01. The standard InChI is InChI=1S/C16H22BrN3O/c17-14-6-5-12(10-15(14)18)16(21)20-9-3-4-13(11-20)19-7-1-2-8-19/h5-6,10,13H,1-4,7-9,11,18H2. The minimum absolute atomic E-state index is 0.109. The molecular weight excluding hydrogens is 330 g/mol. The summed E-state index contributed by atoms with van der Waals surface area (Å²) in [5.41, 5.74) is 7.20. The first-order valence-corrected chi connectivity index (χ1v) is 8.53. The van der Waals surface area contributed by atoms with Gasteiger partial charge in [-0.1, -0.05) is 0 Å². The quantitative estimate of drug-likeness (QED) is 0.833. The maximum atomic E-state index is 12.7. The summed E-state index contributed by atoms with van der Waals surface area (Å²) >= 11 is 3.37. The van der Waals surface area contributed by atoms with Crippen molar-refractivity contribution in [2.45, 2.75) is 31.7 Å². The molecule has 1 atom stereocenters. The van der Waals surface area contributed by atoms with Gasteiger partial charge < -0.3 is 10.6 Å². The summed E-state index contributed by atoms with van der Waals surface area (Å²) in [5, 5.41) is 0. The third kappa shape index (κ3) is 3.24. The van der Waals surface area contributed by atoms with Crippen LogP contribution in [0.1, 0.15) is 36.0 Å². The van der Waals surface area contributed by atoms with Gasteiger partial charge in [0.1, 0.15) is 0 Å². The maximum absolute atomic E-state index is 12.7. The number of amides is 1. The second-order valence-electron chi connectivity index (χ2n) is 6.03. The van der Waals surface area contributed by atoms with Gasteiger partial charge in [0.15, 0.2) is 0 Å². The van der Waals surface area contributed by atoms with E-state index in [-0.39, 0.29) is 5.91 Å². The van der Waals surface area contributed by atoms with E-state index in [4.69, 9.17) is 5.73 Å². The highest BCUT2D eigenvalue weighted by atomic mass is 79.9. The minimum Gasteiger partial charge on any atom is -0.398 e. The van der Waals surface area contributed by atoms with Crippen molar-refractivity contribution in [3.05, 3.63) is 28.2 Å². The van der Waals surface area contributed by atoms with Crippen molar-refractivity contribution in [1.82, 2.24) is 9.80 Å². The summed E-state index contributed by atoms with van der Waals surface area (Å²) < 4.78 is 0.840. The molecule has 1 unspecified atom stereocenters. The van der Waals surface area contributed by atoms with E-state index in [0.29, 0.717) is 17.3 Å². The third-order valence-corrected chi connectivity index (χ3v) is 5.31. The Hall–Kier alpha value is -1.07. The Kier molecular flexibility index (Phi) is 4.50. The first-order chi connectivity index (χ1) is 10.1. The molecule has 5 heteroatoms. The predicted octanol–water partition coefficient (Wildman–Crippen LogP) is 2.73. The van der Waals surface area contributed by atoms with Gasteiger partial charge in [-0.2, -0.15) is 0 Å². The fraction of sp³-hybridized carbons (Fsp3) is 0.562. The number of piperidine rings is 1. The summed E-state index contributed by atoms with van der Waals surface area (Å²) in [7, 11) is 0. The van der Waals surface area contributed by atoms with E-state index in [2.05, 4.69) is 20.8 Å². The number of nitrogens with two attached hydrogens (primary N) is 1. The number of hydrogen-bond acceptors (Lipinski definition) is 3. The van der Waals surface area contributed by atoms with E-state index < -0.39 is 0 Å². The zero-order valence-electron chi connectivity index (χ0n) is 12.2. The van der Waals surface area contributed by atoms with Crippen molar-refractivity contribution < 1.29 is 4.79 Å². The lowest BCUT2D eigenvalue weighted by molar-refractivity contribution is 0.0608. The molecule has 1 aromatic rings. The van der Waals surface area contributed by atoms with E-state index in [1.54, 1.807) is 6.07 Å². The van der Waals surface area contributed by atoms with Gasteiger partial charge in [0, 0.05) is 34.9 Å². The highest BCUT2D eigenvalue weighted by Crippen LogP contribution is 2.24. The number of rotatable bonds is 2. The van der Waals surface area contributed by atoms with E-state index in [0.717, 1.165) is 24.0 Å². The monoisotopic (exact) mass is 351 g/mol. The topological polar surface area (TPSA) is 49.6 Å². The molecule has 1 amide bonds. The van der Waals surface area contributed by atoms with Gasteiger partial charge in [0.25, 0.3) is 5.91 Å². The molecule has 0 spiro atoms. The summed E-state index contributed by atoms with van der Waals surface area (Å²) in [4.78, 5) is 17.2.